The number of nitrogens with zero attached hydrogens (tertiary/aromatic N) is 2. The van der Waals surface area contributed by atoms with Crippen LogP contribution in [0.1, 0.15) is 31.2 Å². The number of benzene rings is 1. The van der Waals surface area contributed by atoms with Crippen LogP contribution < -0.4 is 0 Å². The Labute approximate surface area is 189 Å². The van der Waals surface area contributed by atoms with E-state index in [-0.39, 0.29) is 13.2 Å². The van der Waals surface area contributed by atoms with Gasteiger partial charge in [0.15, 0.2) is 10.4 Å². The highest BCUT2D eigenvalue weighted by molar-refractivity contribution is 6.53. The lowest BCUT2D eigenvalue weighted by Crippen LogP contribution is -2.50. The summed E-state index contributed by atoms with van der Waals surface area (Å²) in [7, 11) is 0. The maximum Gasteiger partial charge on any atom is 0.258 e. The van der Waals surface area contributed by atoms with E-state index >= 15 is 0 Å². The Bertz CT molecular complexity index is 949. The largest absolute Gasteiger partial charge is 0.379 e. The highest BCUT2D eigenvalue weighted by Gasteiger charge is 2.51. The van der Waals surface area contributed by atoms with Gasteiger partial charge in [-0.25, -0.2) is 4.39 Å². The van der Waals surface area contributed by atoms with Crippen molar-refractivity contribution in [3.8, 4) is 11.1 Å². The van der Waals surface area contributed by atoms with Crippen molar-refractivity contribution in [1.82, 2.24) is 9.88 Å². The van der Waals surface area contributed by atoms with E-state index in [1.807, 2.05) is 30.3 Å². The van der Waals surface area contributed by atoms with Crippen molar-refractivity contribution in [1.29, 1.82) is 0 Å². The monoisotopic (exact) mass is 468 g/mol. The van der Waals surface area contributed by atoms with Gasteiger partial charge in [0.05, 0.1) is 24.9 Å². The second-order valence-corrected chi connectivity index (χ2v) is 9.39. The molecule has 2 atom stereocenters. The zero-order valence-corrected chi connectivity index (χ0v) is 18.6. The van der Waals surface area contributed by atoms with E-state index in [0.29, 0.717) is 5.69 Å². The molecule has 1 N–H and O–H groups in total. The number of carbonyl (C=O) groups excluding carboxylic acids is 1. The van der Waals surface area contributed by atoms with E-state index < -0.39 is 40.9 Å². The van der Waals surface area contributed by atoms with Crippen LogP contribution >= 0.6 is 23.2 Å². The van der Waals surface area contributed by atoms with Crippen LogP contribution in [0.4, 0.5) is 4.39 Å². The summed E-state index contributed by atoms with van der Waals surface area (Å²) >= 11 is 11.5. The van der Waals surface area contributed by atoms with Crippen molar-refractivity contribution in [2.24, 2.45) is 0 Å². The molecule has 1 aromatic heterocycles. The Morgan fingerprint density at radius 2 is 1.87 bits per heavy atom. The number of hydrogen-bond donors (Lipinski definition) is 1. The van der Waals surface area contributed by atoms with E-state index in [0.717, 1.165) is 16.7 Å². The van der Waals surface area contributed by atoms with Gasteiger partial charge in [-0.05, 0) is 31.0 Å². The summed E-state index contributed by atoms with van der Waals surface area (Å²) in [6, 6.07) is 10.3. The summed E-state index contributed by atoms with van der Waals surface area (Å²) in [6.45, 7) is 3.07. The van der Waals surface area contributed by atoms with Crippen LogP contribution in [0.3, 0.4) is 0 Å². The molecule has 0 radical (unpaired) electrons. The molecule has 0 aliphatic carbocycles. The molecule has 2 aliphatic heterocycles. The number of rotatable bonds is 5. The van der Waals surface area contributed by atoms with Gasteiger partial charge in [-0.3, -0.25) is 9.78 Å². The molecule has 0 saturated carbocycles. The predicted octanol–water partition coefficient (Wildman–Crippen LogP) is 3.74. The molecule has 9 heteroatoms. The van der Waals surface area contributed by atoms with E-state index in [4.69, 9.17) is 32.7 Å². The topological polar surface area (TPSA) is 71.9 Å². The maximum atomic E-state index is 14.0. The number of alkyl halides is 3. The zero-order chi connectivity index (χ0) is 22.4. The summed E-state index contributed by atoms with van der Waals surface area (Å²) < 4.78 is 25.1. The summed E-state index contributed by atoms with van der Waals surface area (Å²) in [4.78, 5) is 16.8. The van der Waals surface area contributed by atoms with Gasteiger partial charge < -0.3 is 19.5 Å². The smallest absolute Gasteiger partial charge is 0.258 e. The molecule has 0 bridgehead atoms. The van der Waals surface area contributed by atoms with Crippen LogP contribution in [0.2, 0.25) is 0 Å². The van der Waals surface area contributed by atoms with Crippen molar-refractivity contribution in [3.05, 3.63) is 53.9 Å². The summed E-state index contributed by atoms with van der Waals surface area (Å²) in [5.74, 6) is -0.584. The van der Waals surface area contributed by atoms with Gasteiger partial charge >= 0.3 is 0 Å². The average Bonchev–Trinajstić information content (AvgIpc) is 3.01. The number of pyridine rings is 1. The molecule has 31 heavy (non-hydrogen) atoms. The van der Waals surface area contributed by atoms with Crippen molar-refractivity contribution in [2.45, 2.75) is 42.2 Å². The van der Waals surface area contributed by atoms with Crippen LogP contribution in [0.15, 0.2) is 42.6 Å². The summed E-state index contributed by atoms with van der Waals surface area (Å²) in [6.07, 6.45) is 1.04. The van der Waals surface area contributed by atoms with E-state index in [1.54, 1.807) is 26.1 Å². The number of aromatic nitrogens is 1. The lowest BCUT2D eigenvalue weighted by atomic mass is 9.95. The second kappa shape index (κ2) is 8.30. The molecule has 2 fully saturated rings. The van der Waals surface area contributed by atoms with Crippen molar-refractivity contribution >= 4 is 29.1 Å². The Morgan fingerprint density at radius 1 is 1.23 bits per heavy atom. The first kappa shape index (κ1) is 22.4. The molecule has 2 aromatic rings. The van der Waals surface area contributed by atoms with Crippen molar-refractivity contribution in [2.75, 3.05) is 19.9 Å². The van der Waals surface area contributed by atoms with Gasteiger partial charge in [0.25, 0.3) is 5.91 Å². The molecule has 2 aliphatic rings. The molecule has 1 amide bonds. The lowest BCUT2D eigenvalue weighted by Gasteiger charge is -2.35. The van der Waals surface area contributed by atoms with Gasteiger partial charge in [-0.15, -0.1) is 0 Å². The van der Waals surface area contributed by atoms with Gasteiger partial charge in [0.2, 0.25) is 0 Å². The summed E-state index contributed by atoms with van der Waals surface area (Å²) in [5.41, 5.74) is 1.03. The van der Waals surface area contributed by atoms with E-state index in [1.165, 1.54) is 4.90 Å². The van der Waals surface area contributed by atoms with Crippen LogP contribution in [-0.2, 0) is 19.9 Å². The second-order valence-electron chi connectivity index (χ2n) is 8.29. The average molecular weight is 469 g/mol. The third-order valence-corrected chi connectivity index (χ3v) is 6.13. The van der Waals surface area contributed by atoms with Gasteiger partial charge in [-0.1, -0.05) is 53.5 Å². The maximum absolute atomic E-state index is 14.0. The Hall–Kier alpha value is -1.77. The lowest BCUT2D eigenvalue weighted by molar-refractivity contribution is -0.186. The van der Waals surface area contributed by atoms with Crippen LogP contribution in [0, 0.1) is 0 Å². The molecule has 166 valence electrons. The van der Waals surface area contributed by atoms with Gasteiger partial charge in [0.1, 0.15) is 18.5 Å². The van der Waals surface area contributed by atoms with Gasteiger partial charge in [-0.2, -0.15) is 0 Å². The fourth-order valence-corrected chi connectivity index (χ4v) is 4.31. The Balaban J connectivity index is 1.55. The minimum absolute atomic E-state index is 0.245. The number of carbonyl (C=O) groups is 1. The van der Waals surface area contributed by atoms with E-state index in [9.17, 15) is 14.3 Å². The number of hydrogen-bond acceptors (Lipinski definition) is 5. The molecule has 0 spiro atoms. The highest BCUT2D eigenvalue weighted by Crippen LogP contribution is 2.42. The zero-order valence-electron chi connectivity index (χ0n) is 17.1. The quantitative estimate of drug-likeness (QED) is 0.676. The first-order valence-electron chi connectivity index (χ1n) is 9.88. The molecular weight excluding hydrogens is 446 g/mol. The minimum atomic E-state index is -1.29. The Kier molecular flexibility index (Phi) is 6.00. The molecule has 0 unspecified atom stereocenters. The van der Waals surface area contributed by atoms with Crippen LogP contribution in [0.5, 0.6) is 0 Å². The molecule has 3 heterocycles. The fourth-order valence-electron chi connectivity index (χ4n) is 4.10. The first-order chi connectivity index (χ1) is 14.7. The molecule has 6 nitrogen and oxygen atoms in total. The van der Waals surface area contributed by atoms with E-state index in [2.05, 4.69) is 4.98 Å². The number of amides is 1. The minimum Gasteiger partial charge on any atom is -0.379 e. The standard InChI is InChI=1S/C22H23Cl2FN2O4/c1-21(2)27(20(28)19(23)24)16(9-25)18(31-21)14-5-3-13(4-6-14)15-7-8-17(26-10-15)22(29)11-30-12-22/h3-8,10,16,18-19,29H,9,11-12H2,1-2H3/t16-,18-/m1/s1. The highest BCUT2D eigenvalue weighted by atomic mass is 35.5. The third kappa shape index (κ3) is 4.05. The van der Waals surface area contributed by atoms with Crippen LogP contribution in [0.25, 0.3) is 11.1 Å². The Morgan fingerprint density at radius 3 is 2.35 bits per heavy atom. The third-order valence-electron chi connectivity index (χ3n) is 5.75. The van der Waals surface area contributed by atoms with Gasteiger partial charge in [0, 0.05) is 11.8 Å². The first-order valence-corrected chi connectivity index (χ1v) is 10.8. The molecule has 2 saturated heterocycles. The van der Waals surface area contributed by atoms with Crippen molar-refractivity contribution < 1.29 is 23.8 Å². The molecule has 4 rings (SSSR count). The number of aliphatic hydroxyl groups is 1. The fraction of sp³-hybridized carbons (Fsp3) is 0.455. The number of halogens is 3. The van der Waals surface area contributed by atoms with Crippen molar-refractivity contribution in [3.63, 3.8) is 0 Å². The SMILES string of the molecule is CC1(C)O[C@H](c2ccc(-c3ccc(C4(O)COC4)nc3)cc2)[C@@H](CF)N1C(=O)C(Cl)Cl. The predicted molar refractivity (Wildman–Crippen MR) is 114 cm³/mol. The number of ether oxygens (including phenoxy) is 2. The summed E-state index contributed by atoms with van der Waals surface area (Å²) in [5, 5.41) is 10.3. The normalized spacial score (nSPS) is 24.3. The molecule has 1 aromatic carbocycles. The molecular formula is C22H23Cl2FN2O4. The van der Waals surface area contributed by atoms with Crippen LogP contribution in [-0.4, -0.2) is 57.4 Å².